The fourth-order valence-corrected chi connectivity index (χ4v) is 4.21. The highest BCUT2D eigenvalue weighted by Crippen LogP contribution is 2.30. The number of aliphatic hydroxyl groups excluding tert-OH is 1. The van der Waals surface area contributed by atoms with Gasteiger partial charge in [-0.05, 0) is 13.0 Å². The van der Waals surface area contributed by atoms with Crippen molar-refractivity contribution >= 4 is 9.84 Å². The van der Waals surface area contributed by atoms with Gasteiger partial charge in [0.1, 0.15) is 0 Å². The first-order chi connectivity index (χ1) is 7.80. The van der Waals surface area contributed by atoms with Crippen LogP contribution in [0.4, 0.5) is 0 Å². The summed E-state index contributed by atoms with van der Waals surface area (Å²) in [7, 11) is -3.12. The van der Waals surface area contributed by atoms with E-state index >= 15 is 0 Å². The van der Waals surface area contributed by atoms with Gasteiger partial charge in [0, 0.05) is 12.0 Å². The van der Waals surface area contributed by atoms with Crippen LogP contribution in [0.5, 0.6) is 0 Å². The van der Waals surface area contributed by atoms with Crippen molar-refractivity contribution in [1.29, 1.82) is 0 Å². The molecule has 5 nitrogen and oxygen atoms in total. The molecule has 2 heterocycles. The Hall–Kier alpha value is -0.170. The Kier molecular flexibility index (Phi) is 3.51. The predicted octanol–water partition coefficient (Wildman–Crippen LogP) is -0.451. The SMILES string of the molecule is CC1(C)CNCCC1OC1CS(=O)(=O)CC1O. The lowest BCUT2D eigenvalue weighted by Crippen LogP contribution is -2.49. The van der Waals surface area contributed by atoms with E-state index in [0.29, 0.717) is 0 Å². The van der Waals surface area contributed by atoms with E-state index < -0.39 is 22.0 Å². The predicted molar refractivity (Wildman–Crippen MR) is 64.6 cm³/mol. The zero-order chi connectivity index (χ0) is 12.7. The summed E-state index contributed by atoms with van der Waals surface area (Å²) in [6.07, 6.45) is -0.555. The molecule has 100 valence electrons. The number of ether oxygens (including phenoxy) is 1. The molecule has 2 N–H and O–H groups in total. The fraction of sp³-hybridized carbons (Fsp3) is 1.00. The molecule has 2 aliphatic rings. The van der Waals surface area contributed by atoms with E-state index in [9.17, 15) is 13.5 Å². The second-order valence-electron chi connectivity index (χ2n) is 5.76. The van der Waals surface area contributed by atoms with Crippen LogP contribution in [0.3, 0.4) is 0 Å². The van der Waals surface area contributed by atoms with Crippen LogP contribution in [0.15, 0.2) is 0 Å². The van der Waals surface area contributed by atoms with Crippen LogP contribution in [-0.2, 0) is 14.6 Å². The van der Waals surface area contributed by atoms with Gasteiger partial charge in [0.05, 0.1) is 29.8 Å². The number of hydrogen-bond donors (Lipinski definition) is 2. The maximum absolute atomic E-state index is 11.4. The van der Waals surface area contributed by atoms with E-state index in [1.807, 2.05) is 0 Å². The number of piperidine rings is 1. The Morgan fingerprint density at radius 2 is 2.06 bits per heavy atom. The molecule has 0 aromatic heterocycles. The second kappa shape index (κ2) is 4.50. The molecule has 0 aromatic rings. The minimum atomic E-state index is -3.12. The number of rotatable bonds is 2. The van der Waals surface area contributed by atoms with Crippen LogP contribution in [0.2, 0.25) is 0 Å². The van der Waals surface area contributed by atoms with Gasteiger partial charge in [-0.15, -0.1) is 0 Å². The van der Waals surface area contributed by atoms with Crippen molar-refractivity contribution < 1.29 is 18.3 Å². The maximum Gasteiger partial charge on any atom is 0.155 e. The Bertz CT molecular complexity index is 379. The van der Waals surface area contributed by atoms with Gasteiger partial charge in [0.25, 0.3) is 0 Å². The standard InChI is InChI=1S/C11H21NO4S/c1-11(2)7-12-4-3-10(11)16-9-6-17(14,15)5-8(9)13/h8-10,12-13H,3-7H2,1-2H3. The normalized spacial score (nSPS) is 40.3. The summed E-state index contributed by atoms with van der Waals surface area (Å²) in [4.78, 5) is 0. The van der Waals surface area contributed by atoms with Crippen LogP contribution in [0.25, 0.3) is 0 Å². The first-order valence-electron chi connectivity index (χ1n) is 6.05. The van der Waals surface area contributed by atoms with Gasteiger partial charge in [-0.2, -0.15) is 0 Å². The Labute approximate surface area is 102 Å². The van der Waals surface area contributed by atoms with E-state index in [-0.39, 0.29) is 23.0 Å². The molecule has 0 bridgehead atoms. The molecule has 0 aliphatic carbocycles. The summed E-state index contributed by atoms with van der Waals surface area (Å²) in [5.41, 5.74) is -0.0235. The molecule has 3 atom stereocenters. The third-order valence-corrected chi connectivity index (χ3v) is 5.33. The van der Waals surface area contributed by atoms with Gasteiger partial charge in [-0.25, -0.2) is 8.42 Å². The maximum atomic E-state index is 11.4. The van der Waals surface area contributed by atoms with E-state index in [0.717, 1.165) is 19.5 Å². The largest absolute Gasteiger partial charge is 0.389 e. The zero-order valence-electron chi connectivity index (χ0n) is 10.3. The molecule has 3 unspecified atom stereocenters. The fourth-order valence-electron chi connectivity index (χ4n) is 2.54. The van der Waals surface area contributed by atoms with Crippen LogP contribution < -0.4 is 5.32 Å². The Morgan fingerprint density at radius 1 is 1.35 bits per heavy atom. The lowest BCUT2D eigenvalue weighted by Gasteiger charge is -2.40. The van der Waals surface area contributed by atoms with Crippen molar-refractivity contribution in [3.8, 4) is 0 Å². The van der Waals surface area contributed by atoms with Gasteiger partial charge >= 0.3 is 0 Å². The molecule has 2 aliphatic heterocycles. The van der Waals surface area contributed by atoms with E-state index in [2.05, 4.69) is 19.2 Å². The highest BCUT2D eigenvalue weighted by molar-refractivity contribution is 7.91. The molecule has 0 aromatic carbocycles. The van der Waals surface area contributed by atoms with Gasteiger partial charge < -0.3 is 15.2 Å². The molecule has 2 rings (SSSR count). The van der Waals surface area contributed by atoms with Crippen LogP contribution >= 0.6 is 0 Å². The monoisotopic (exact) mass is 263 g/mol. The van der Waals surface area contributed by atoms with Crippen molar-refractivity contribution in [2.45, 2.75) is 38.6 Å². The van der Waals surface area contributed by atoms with Gasteiger partial charge in [0.15, 0.2) is 9.84 Å². The minimum Gasteiger partial charge on any atom is -0.389 e. The van der Waals surface area contributed by atoms with Crippen LogP contribution in [0.1, 0.15) is 20.3 Å². The Balaban J connectivity index is 2.01. The topological polar surface area (TPSA) is 75.6 Å². The average Bonchev–Trinajstić information content (AvgIpc) is 2.43. The summed E-state index contributed by atoms with van der Waals surface area (Å²) in [5.74, 6) is -0.211. The van der Waals surface area contributed by atoms with Crippen LogP contribution in [0, 0.1) is 5.41 Å². The van der Waals surface area contributed by atoms with Crippen LogP contribution in [-0.4, -0.2) is 56.4 Å². The van der Waals surface area contributed by atoms with Crippen molar-refractivity contribution in [3.05, 3.63) is 0 Å². The molecule has 0 radical (unpaired) electrons. The highest BCUT2D eigenvalue weighted by Gasteiger charge is 2.42. The van der Waals surface area contributed by atoms with Gasteiger partial charge in [0.2, 0.25) is 0 Å². The lowest BCUT2D eigenvalue weighted by atomic mass is 9.82. The summed E-state index contributed by atoms with van der Waals surface area (Å²) < 4.78 is 28.7. The van der Waals surface area contributed by atoms with Crippen molar-refractivity contribution in [2.24, 2.45) is 5.41 Å². The quantitative estimate of drug-likeness (QED) is 0.706. The van der Waals surface area contributed by atoms with Crippen molar-refractivity contribution in [3.63, 3.8) is 0 Å². The third kappa shape index (κ3) is 2.99. The number of aliphatic hydroxyl groups is 1. The van der Waals surface area contributed by atoms with Crippen molar-refractivity contribution in [2.75, 3.05) is 24.6 Å². The number of nitrogens with one attached hydrogen (secondary N) is 1. The van der Waals surface area contributed by atoms with E-state index in [1.54, 1.807) is 0 Å². The molecule has 0 saturated carbocycles. The minimum absolute atomic E-state index is 0.0108. The molecule has 17 heavy (non-hydrogen) atoms. The molecular formula is C11H21NO4S. The lowest BCUT2D eigenvalue weighted by molar-refractivity contribution is -0.107. The average molecular weight is 263 g/mol. The zero-order valence-corrected chi connectivity index (χ0v) is 11.2. The summed E-state index contributed by atoms with van der Waals surface area (Å²) >= 11 is 0. The van der Waals surface area contributed by atoms with Crippen molar-refractivity contribution in [1.82, 2.24) is 5.32 Å². The Morgan fingerprint density at radius 3 is 2.59 bits per heavy atom. The molecular weight excluding hydrogens is 242 g/mol. The highest BCUT2D eigenvalue weighted by atomic mass is 32.2. The third-order valence-electron chi connectivity index (χ3n) is 3.65. The molecule has 2 fully saturated rings. The molecule has 6 heteroatoms. The van der Waals surface area contributed by atoms with E-state index in [4.69, 9.17) is 4.74 Å². The molecule has 0 spiro atoms. The smallest absolute Gasteiger partial charge is 0.155 e. The molecule has 0 amide bonds. The summed E-state index contributed by atoms with van der Waals surface area (Å²) in [6.45, 7) is 5.93. The number of sulfone groups is 1. The van der Waals surface area contributed by atoms with Gasteiger partial charge in [-0.1, -0.05) is 13.8 Å². The van der Waals surface area contributed by atoms with Gasteiger partial charge in [-0.3, -0.25) is 0 Å². The first-order valence-corrected chi connectivity index (χ1v) is 7.87. The first kappa shape index (κ1) is 13.3. The molecule has 2 saturated heterocycles. The number of hydrogen-bond acceptors (Lipinski definition) is 5. The second-order valence-corrected chi connectivity index (χ2v) is 7.92. The summed E-state index contributed by atoms with van der Waals surface area (Å²) in [5, 5.41) is 13.0. The summed E-state index contributed by atoms with van der Waals surface area (Å²) in [6, 6.07) is 0. The van der Waals surface area contributed by atoms with E-state index in [1.165, 1.54) is 0 Å².